The quantitative estimate of drug-likeness (QED) is 0.472. The van der Waals surface area contributed by atoms with E-state index in [-0.39, 0.29) is 23.1 Å². The van der Waals surface area contributed by atoms with E-state index in [0.717, 1.165) is 12.5 Å². The highest BCUT2D eigenvalue weighted by Gasteiger charge is 2.08. The first-order valence-electron chi connectivity index (χ1n) is 5.13. The smallest absolute Gasteiger partial charge is 0.335 e. The van der Waals surface area contributed by atoms with Crippen LogP contribution in [0.15, 0.2) is 35.3 Å². The molecular weight excluding hydrogens is 256 g/mol. The molecular formula is C12H14O7. The number of carboxylic acids is 3. The second kappa shape index (κ2) is 7.70. The molecule has 19 heavy (non-hydrogen) atoms. The Morgan fingerprint density at radius 1 is 0.895 bits per heavy atom. The fourth-order valence-corrected chi connectivity index (χ4v) is 0.805. The first kappa shape index (κ1) is 16.4. The topological polar surface area (TPSA) is 121 Å². The van der Waals surface area contributed by atoms with E-state index in [4.69, 9.17) is 20.1 Å². The number of rotatable bonds is 7. The van der Waals surface area contributed by atoms with Crippen LogP contribution in [0.25, 0.3) is 0 Å². The molecule has 0 rings (SSSR count). The van der Waals surface area contributed by atoms with Crippen LogP contribution >= 0.6 is 0 Å². The zero-order valence-electron chi connectivity index (χ0n) is 10.4. The van der Waals surface area contributed by atoms with Crippen LogP contribution in [0.3, 0.4) is 0 Å². The van der Waals surface area contributed by atoms with Crippen LogP contribution in [0.1, 0.15) is 20.3 Å². The second-order valence-corrected chi connectivity index (χ2v) is 3.59. The summed E-state index contributed by atoms with van der Waals surface area (Å²) < 4.78 is 4.71. The van der Waals surface area contributed by atoms with Crippen LogP contribution in [-0.2, 0) is 19.1 Å². The van der Waals surface area contributed by atoms with Gasteiger partial charge in [0.05, 0.1) is 11.1 Å². The lowest BCUT2D eigenvalue weighted by Crippen LogP contribution is -2.02. The first-order chi connectivity index (χ1) is 8.75. The maximum Gasteiger partial charge on any atom is 0.335 e. The van der Waals surface area contributed by atoms with E-state index in [9.17, 15) is 14.4 Å². The van der Waals surface area contributed by atoms with Crippen LogP contribution in [0.5, 0.6) is 0 Å². The minimum atomic E-state index is -1.28. The molecule has 0 aromatic carbocycles. The predicted molar refractivity (Wildman–Crippen MR) is 64.2 cm³/mol. The van der Waals surface area contributed by atoms with Gasteiger partial charge >= 0.3 is 17.9 Å². The summed E-state index contributed by atoms with van der Waals surface area (Å²) in [6, 6.07) is 0. The van der Waals surface area contributed by atoms with Crippen molar-refractivity contribution >= 4 is 17.9 Å². The molecule has 0 fully saturated rings. The summed E-state index contributed by atoms with van der Waals surface area (Å²) >= 11 is 0. The molecule has 0 saturated carbocycles. The third-order valence-electron chi connectivity index (χ3n) is 2.03. The van der Waals surface area contributed by atoms with Crippen LogP contribution in [0.2, 0.25) is 0 Å². The van der Waals surface area contributed by atoms with Crippen LogP contribution in [0, 0.1) is 0 Å². The summed E-state index contributed by atoms with van der Waals surface area (Å²) in [5.74, 6) is -3.62. The third kappa shape index (κ3) is 6.67. The Kier molecular flexibility index (Phi) is 6.66. The van der Waals surface area contributed by atoms with Crippen LogP contribution in [0.4, 0.5) is 0 Å². The molecule has 0 aromatic rings. The summed E-state index contributed by atoms with van der Waals surface area (Å²) in [6.07, 6.45) is 2.83. The average Bonchev–Trinajstić information content (AvgIpc) is 2.31. The molecule has 3 N–H and O–H groups in total. The van der Waals surface area contributed by atoms with Crippen molar-refractivity contribution in [3.63, 3.8) is 0 Å². The van der Waals surface area contributed by atoms with E-state index in [1.165, 1.54) is 19.9 Å². The number of allylic oxidation sites excluding steroid dienone is 1. The molecule has 0 atom stereocenters. The van der Waals surface area contributed by atoms with Crippen LogP contribution in [-0.4, -0.2) is 33.2 Å². The van der Waals surface area contributed by atoms with E-state index in [1.54, 1.807) is 0 Å². The van der Waals surface area contributed by atoms with E-state index in [2.05, 4.69) is 0 Å². The number of aliphatic carboxylic acids is 3. The molecule has 0 aliphatic carbocycles. The number of ether oxygens (including phenoxy) is 1. The van der Waals surface area contributed by atoms with Gasteiger partial charge in [0.25, 0.3) is 0 Å². The Labute approximate surface area is 109 Å². The average molecular weight is 270 g/mol. The normalized spacial score (nSPS) is 13.1. The standard InChI is InChI=1S/C12H14O7/c1-7(10(13)14)3-4-9(12(17)18)6-19-5-8(2)11(15)16/h3,5-6H,4H2,1-2H3,(H,13,14)(H,15,16)(H,17,18). The van der Waals surface area contributed by atoms with Crippen molar-refractivity contribution in [2.24, 2.45) is 0 Å². The van der Waals surface area contributed by atoms with Gasteiger partial charge in [0.2, 0.25) is 0 Å². The molecule has 0 aliphatic heterocycles. The Bertz CT molecular complexity index is 468. The second-order valence-electron chi connectivity index (χ2n) is 3.59. The van der Waals surface area contributed by atoms with Crippen molar-refractivity contribution in [1.29, 1.82) is 0 Å². The van der Waals surface area contributed by atoms with E-state index < -0.39 is 17.9 Å². The van der Waals surface area contributed by atoms with Gasteiger partial charge in [-0.05, 0) is 13.8 Å². The minimum absolute atomic E-state index is 0.00408. The van der Waals surface area contributed by atoms with Crippen molar-refractivity contribution in [1.82, 2.24) is 0 Å². The molecule has 0 aromatic heterocycles. The number of hydrogen-bond donors (Lipinski definition) is 3. The molecule has 7 nitrogen and oxygen atoms in total. The first-order valence-corrected chi connectivity index (χ1v) is 5.13. The van der Waals surface area contributed by atoms with Gasteiger partial charge in [-0.1, -0.05) is 6.08 Å². The Morgan fingerprint density at radius 3 is 1.84 bits per heavy atom. The summed E-state index contributed by atoms with van der Waals surface area (Å²) in [5.41, 5.74) is -0.294. The number of hydrogen-bond acceptors (Lipinski definition) is 4. The molecule has 0 radical (unpaired) electrons. The van der Waals surface area contributed by atoms with Crippen molar-refractivity contribution < 1.29 is 34.4 Å². The van der Waals surface area contributed by atoms with Gasteiger partial charge in [0, 0.05) is 12.0 Å². The Balaban J connectivity index is 4.80. The molecule has 7 heteroatoms. The van der Waals surface area contributed by atoms with Gasteiger partial charge in [-0.3, -0.25) is 0 Å². The third-order valence-corrected chi connectivity index (χ3v) is 2.03. The largest absolute Gasteiger partial charge is 0.478 e. The molecule has 0 saturated heterocycles. The van der Waals surface area contributed by atoms with Gasteiger partial charge in [-0.2, -0.15) is 0 Å². The number of carbonyl (C=O) groups is 3. The summed E-state index contributed by atoms with van der Waals surface area (Å²) in [6.45, 7) is 2.61. The van der Waals surface area contributed by atoms with Gasteiger partial charge in [0.15, 0.2) is 0 Å². The highest BCUT2D eigenvalue weighted by atomic mass is 16.5. The predicted octanol–water partition coefficient (Wildman–Crippen LogP) is 1.38. The van der Waals surface area contributed by atoms with E-state index in [1.807, 2.05) is 0 Å². The van der Waals surface area contributed by atoms with E-state index in [0.29, 0.717) is 0 Å². The fraction of sp³-hybridized carbons (Fsp3) is 0.250. The minimum Gasteiger partial charge on any atom is -0.478 e. The fourth-order valence-electron chi connectivity index (χ4n) is 0.805. The van der Waals surface area contributed by atoms with E-state index >= 15 is 0 Å². The highest BCUT2D eigenvalue weighted by Crippen LogP contribution is 2.07. The molecule has 104 valence electrons. The SMILES string of the molecule is CC(=CCC(=COC=C(C)C(=O)O)C(=O)O)C(=O)O. The number of carboxylic acid groups (broad SMARTS) is 3. The van der Waals surface area contributed by atoms with Crippen molar-refractivity contribution in [2.45, 2.75) is 20.3 Å². The van der Waals surface area contributed by atoms with Gasteiger partial charge in [0.1, 0.15) is 12.5 Å². The summed E-state index contributed by atoms with van der Waals surface area (Å²) in [5, 5.41) is 26.0. The highest BCUT2D eigenvalue weighted by molar-refractivity contribution is 5.88. The van der Waals surface area contributed by atoms with Gasteiger partial charge in [-0.15, -0.1) is 0 Å². The monoisotopic (exact) mass is 270 g/mol. The lowest BCUT2D eigenvalue weighted by Gasteiger charge is -2.00. The Morgan fingerprint density at radius 2 is 1.42 bits per heavy atom. The van der Waals surface area contributed by atoms with Gasteiger partial charge < -0.3 is 20.1 Å². The maximum absolute atomic E-state index is 10.8. The lowest BCUT2D eigenvalue weighted by molar-refractivity contribution is -0.134. The molecule has 0 spiro atoms. The zero-order valence-corrected chi connectivity index (χ0v) is 10.4. The van der Waals surface area contributed by atoms with Crippen LogP contribution < -0.4 is 0 Å². The molecule has 0 aliphatic rings. The molecule has 0 unspecified atom stereocenters. The van der Waals surface area contributed by atoms with Crippen molar-refractivity contribution in [3.8, 4) is 0 Å². The van der Waals surface area contributed by atoms with Gasteiger partial charge in [-0.25, -0.2) is 14.4 Å². The molecule has 0 amide bonds. The summed E-state index contributed by atoms with van der Waals surface area (Å²) in [7, 11) is 0. The van der Waals surface area contributed by atoms with Crippen molar-refractivity contribution in [2.75, 3.05) is 0 Å². The van der Waals surface area contributed by atoms with Crippen molar-refractivity contribution in [3.05, 3.63) is 35.3 Å². The lowest BCUT2D eigenvalue weighted by atomic mass is 10.1. The maximum atomic E-state index is 10.8. The Hall–Kier alpha value is -2.57. The molecule has 0 bridgehead atoms. The summed E-state index contributed by atoms with van der Waals surface area (Å²) in [4.78, 5) is 31.8. The zero-order chi connectivity index (χ0) is 15.0. The molecule has 0 heterocycles.